The van der Waals surface area contributed by atoms with E-state index in [9.17, 15) is 14.7 Å². The molecule has 180 valence electrons. The van der Waals surface area contributed by atoms with Crippen molar-refractivity contribution in [1.82, 2.24) is 4.90 Å². The number of aliphatic hydroxyl groups excluding tert-OH is 1. The van der Waals surface area contributed by atoms with E-state index in [-0.39, 0.29) is 22.7 Å². The van der Waals surface area contributed by atoms with Gasteiger partial charge < -0.3 is 15.1 Å². The predicted molar refractivity (Wildman–Crippen MR) is 136 cm³/mol. The smallest absolute Gasteiger partial charge is 0.345 e. The van der Waals surface area contributed by atoms with Gasteiger partial charge in [0.15, 0.2) is 0 Å². The molecule has 1 aromatic carbocycles. The second-order valence-corrected chi connectivity index (χ2v) is 9.92. The standard InChI is InChI=1S/C28H33NO4S/c1-21(9-4-2-5-10-22-11-6-3-7-12-22)25(30)17-14-23-15-19-27(31)29(23)20-8-13-24-16-18-26(34-24)28(32)33/h3,6-7,11-12,14,16-18,21,23,25,30H,2,4-5,9-10,15,19-20H2,1H3,(H,32,33)/t21-,23-,25+/m0/s1. The van der Waals surface area contributed by atoms with E-state index < -0.39 is 12.1 Å². The topological polar surface area (TPSA) is 77.8 Å². The summed E-state index contributed by atoms with van der Waals surface area (Å²) in [6.07, 6.45) is 9.91. The van der Waals surface area contributed by atoms with Gasteiger partial charge in [-0.25, -0.2) is 4.79 Å². The number of likely N-dealkylation sites (tertiary alicyclic amines) is 1. The maximum atomic E-state index is 12.3. The fourth-order valence-electron chi connectivity index (χ4n) is 4.11. The number of hydrogen-bond donors (Lipinski definition) is 2. The molecule has 3 rings (SSSR count). The molecule has 0 aliphatic carbocycles. The van der Waals surface area contributed by atoms with Gasteiger partial charge in [0, 0.05) is 6.42 Å². The number of aryl methyl sites for hydroxylation is 1. The number of carboxylic acids is 1. The molecule has 1 aliphatic rings. The van der Waals surface area contributed by atoms with Crippen LogP contribution in [0.25, 0.3) is 0 Å². The van der Waals surface area contributed by atoms with Crippen LogP contribution < -0.4 is 0 Å². The molecular formula is C28H33NO4S. The van der Waals surface area contributed by atoms with Crippen molar-refractivity contribution < 1.29 is 19.8 Å². The molecule has 0 unspecified atom stereocenters. The number of nitrogens with zero attached hydrogens (tertiary/aromatic N) is 1. The SMILES string of the molecule is C[C@@H](CCCCCc1ccccc1)[C@H](O)C=C[C@H]1CCC(=O)N1CC#Cc1ccc(C(=O)O)s1. The zero-order valence-electron chi connectivity index (χ0n) is 19.7. The summed E-state index contributed by atoms with van der Waals surface area (Å²) >= 11 is 1.13. The molecule has 2 heterocycles. The minimum absolute atomic E-state index is 0.0577. The molecule has 0 saturated carbocycles. The second-order valence-electron chi connectivity index (χ2n) is 8.84. The Morgan fingerprint density at radius 2 is 2.00 bits per heavy atom. The van der Waals surface area contributed by atoms with E-state index in [0.717, 1.165) is 49.9 Å². The highest BCUT2D eigenvalue weighted by atomic mass is 32.1. The Kier molecular flexibility index (Phi) is 9.93. The number of hydrogen-bond acceptors (Lipinski definition) is 4. The molecule has 3 atom stereocenters. The van der Waals surface area contributed by atoms with Gasteiger partial charge in [-0.15, -0.1) is 11.3 Å². The molecule has 1 amide bonds. The summed E-state index contributed by atoms with van der Waals surface area (Å²) in [5.41, 5.74) is 1.37. The Bertz CT molecular complexity index is 1030. The van der Waals surface area contributed by atoms with E-state index in [0.29, 0.717) is 17.8 Å². The molecule has 1 aromatic heterocycles. The number of rotatable bonds is 11. The van der Waals surface area contributed by atoms with E-state index in [1.54, 1.807) is 11.0 Å². The highest BCUT2D eigenvalue weighted by molar-refractivity contribution is 7.14. The van der Waals surface area contributed by atoms with Gasteiger partial charge in [-0.3, -0.25) is 4.79 Å². The van der Waals surface area contributed by atoms with E-state index in [4.69, 9.17) is 5.11 Å². The van der Waals surface area contributed by atoms with Crippen molar-refractivity contribution in [3.05, 3.63) is 69.9 Å². The molecule has 1 fully saturated rings. The number of carboxylic acid groups (broad SMARTS) is 1. The molecule has 34 heavy (non-hydrogen) atoms. The van der Waals surface area contributed by atoms with Gasteiger partial charge in [-0.2, -0.15) is 0 Å². The fraction of sp³-hybridized carbons (Fsp3) is 0.429. The lowest BCUT2D eigenvalue weighted by Gasteiger charge is -2.21. The van der Waals surface area contributed by atoms with Crippen molar-refractivity contribution in [2.24, 2.45) is 5.92 Å². The van der Waals surface area contributed by atoms with Crippen LogP contribution in [0.2, 0.25) is 0 Å². The van der Waals surface area contributed by atoms with Crippen molar-refractivity contribution in [2.45, 2.75) is 64.0 Å². The van der Waals surface area contributed by atoms with Gasteiger partial charge in [-0.1, -0.05) is 74.1 Å². The van der Waals surface area contributed by atoms with Crippen LogP contribution in [0, 0.1) is 17.8 Å². The predicted octanol–water partition coefficient (Wildman–Crippen LogP) is 5.15. The van der Waals surface area contributed by atoms with Crippen LogP contribution in [-0.2, 0) is 11.2 Å². The summed E-state index contributed by atoms with van der Waals surface area (Å²) in [7, 11) is 0. The van der Waals surface area contributed by atoms with E-state index in [2.05, 4.69) is 43.0 Å². The van der Waals surface area contributed by atoms with Gasteiger partial charge in [0.05, 0.1) is 23.6 Å². The Morgan fingerprint density at radius 1 is 1.21 bits per heavy atom. The van der Waals surface area contributed by atoms with Crippen molar-refractivity contribution in [2.75, 3.05) is 6.54 Å². The van der Waals surface area contributed by atoms with Gasteiger partial charge in [0.2, 0.25) is 5.91 Å². The summed E-state index contributed by atoms with van der Waals surface area (Å²) in [5.74, 6) is 5.21. The molecule has 0 bridgehead atoms. The lowest BCUT2D eigenvalue weighted by molar-refractivity contribution is -0.127. The van der Waals surface area contributed by atoms with Crippen molar-refractivity contribution >= 4 is 23.2 Å². The van der Waals surface area contributed by atoms with Crippen LogP contribution in [0.15, 0.2) is 54.6 Å². The lowest BCUT2D eigenvalue weighted by atomic mass is 9.95. The summed E-state index contributed by atoms with van der Waals surface area (Å²) in [6.45, 7) is 2.36. The third kappa shape index (κ3) is 7.86. The average Bonchev–Trinajstić information content (AvgIpc) is 3.45. The largest absolute Gasteiger partial charge is 0.477 e. The number of thiophene rings is 1. The fourth-order valence-corrected chi connectivity index (χ4v) is 4.83. The van der Waals surface area contributed by atoms with Crippen molar-refractivity contribution in [1.29, 1.82) is 0 Å². The molecule has 2 aromatic rings. The zero-order valence-corrected chi connectivity index (χ0v) is 20.5. The molecule has 5 nitrogen and oxygen atoms in total. The monoisotopic (exact) mass is 479 g/mol. The van der Waals surface area contributed by atoms with Crippen LogP contribution in [0.5, 0.6) is 0 Å². The maximum Gasteiger partial charge on any atom is 0.345 e. The normalized spacial score (nSPS) is 17.5. The first-order chi connectivity index (χ1) is 16.4. The summed E-state index contributed by atoms with van der Waals surface area (Å²) in [4.78, 5) is 25.9. The van der Waals surface area contributed by atoms with Crippen molar-refractivity contribution in [3.8, 4) is 11.8 Å². The van der Waals surface area contributed by atoms with Crippen LogP contribution in [0.1, 0.15) is 65.6 Å². The maximum absolute atomic E-state index is 12.3. The average molecular weight is 480 g/mol. The van der Waals surface area contributed by atoms with Crippen molar-refractivity contribution in [3.63, 3.8) is 0 Å². The van der Waals surface area contributed by atoms with Gasteiger partial charge in [0.1, 0.15) is 4.88 Å². The first-order valence-corrected chi connectivity index (χ1v) is 12.8. The summed E-state index contributed by atoms with van der Waals surface area (Å²) in [5, 5.41) is 19.6. The van der Waals surface area contributed by atoms with Crippen LogP contribution in [0.4, 0.5) is 0 Å². The number of amides is 1. The Labute approximate surface area is 206 Å². The first kappa shape index (κ1) is 25.7. The lowest BCUT2D eigenvalue weighted by Crippen LogP contribution is -2.32. The molecule has 1 saturated heterocycles. The Hall–Kier alpha value is -2.88. The van der Waals surface area contributed by atoms with Gasteiger partial charge >= 0.3 is 5.97 Å². The van der Waals surface area contributed by atoms with Crippen LogP contribution >= 0.6 is 11.3 Å². The molecule has 6 heteroatoms. The van der Waals surface area contributed by atoms with Gasteiger partial charge in [-0.05, 0) is 49.3 Å². The van der Waals surface area contributed by atoms with E-state index >= 15 is 0 Å². The molecular weight excluding hydrogens is 446 g/mol. The molecule has 0 radical (unpaired) electrons. The summed E-state index contributed by atoms with van der Waals surface area (Å²) < 4.78 is 0. The third-order valence-electron chi connectivity index (χ3n) is 6.23. The van der Waals surface area contributed by atoms with Crippen LogP contribution in [0.3, 0.4) is 0 Å². The number of aromatic carboxylic acids is 1. The van der Waals surface area contributed by atoms with E-state index in [1.807, 2.05) is 18.2 Å². The number of aliphatic hydroxyl groups is 1. The van der Waals surface area contributed by atoms with E-state index in [1.165, 1.54) is 11.6 Å². The first-order valence-electron chi connectivity index (χ1n) is 12.0. The highest BCUT2D eigenvalue weighted by Gasteiger charge is 2.28. The molecule has 1 aliphatic heterocycles. The number of unbranched alkanes of at least 4 members (excludes halogenated alkanes) is 2. The zero-order chi connectivity index (χ0) is 24.3. The second kappa shape index (κ2) is 13.1. The van der Waals surface area contributed by atoms with Crippen LogP contribution in [-0.4, -0.2) is 45.7 Å². The number of carbonyl (C=O) groups is 2. The number of benzene rings is 1. The number of carbonyl (C=O) groups excluding carboxylic acids is 1. The van der Waals surface area contributed by atoms with Gasteiger partial charge in [0.25, 0.3) is 0 Å². The quantitative estimate of drug-likeness (QED) is 0.266. The Balaban J connectivity index is 1.42. The molecule has 2 N–H and O–H groups in total. The highest BCUT2D eigenvalue weighted by Crippen LogP contribution is 2.21. The summed E-state index contributed by atoms with van der Waals surface area (Å²) in [6, 6.07) is 13.7. The molecule has 0 spiro atoms. The third-order valence-corrected chi connectivity index (χ3v) is 7.22. The Morgan fingerprint density at radius 3 is 2.74 bits per heavy atom. The minimum atomic E-state index is -0.960. The minimum Gasteiger partial charge on any atom is -0.477 e.